The number of halogens is 1. The first-order valence-corrected chi connectivity index (χ1v) is 6.37. The maximum Gasteiger partial charge on any atom is 0.317 e. The van der Waals surface area contributed by atoms with Gasteiger partial charge in [0.2, 0.25) is 5.91 Å². The van der Waals surface area contributed by atoms with Crippen LogP contribution in [-0.2, 0) is 14.4 Å². The average molecular weight is 315 g/mol. The standard InChI is InChI=1S/C13H15ClN2O5/c1-8-2-3-10(9(14)4-8)15-11(17)5-16(6-12(18)19)7-13(20)21/h2-4H,5-7H2,1H3,(H,15,17)(H,18,19)(H,20,21). The number of aryl methyl sites for hydroxylation is 1. The van der Waals surface area contributed by atoms with Gasteiger partial charge in [0.1, 0.15) is 0 Å². The molecule has 8 heteroatoms. The van der Waals surface area contributed by atoms with Crippen LogP contribution in [0.15, 0.2) is 18.2 Å². The number of amides is 1. The lowest BCUT2D eigenvalue weighted by atomic mass is 10.2. The second kappa shape index (κ2) is 7.61. The maximum absolute atomic E-state index is 11.8. The number of nitrogens with zero attached hydrogens (tertiary/aromatic N) is 1. The molecule has 7 nitrogen and oxygen atoms in total. The molecule has 21 heavy (non-hydrogen) atoms. The third kappa shape index (κ3) is 6.24. The van der Waals surface area contributed by atoms with Crippen LogP contribution in [0, 0.1) is 6.92 Å². The Morgan fingerprint density at radius 2 is 1.71 bits per heavy atom. The Hall–Kier alpha value is -2.12. The molecule has 1 rings (SSSR count). The second-order valence-corrected chi connectivity index (χ2v) is 4.87. The van der Waals surface area contributed by atoms with Crippen LogP contribution in [0.4, 0.5) is 5.69 Å². The molecule has 0 aliphatic heterocycles. The summed E-state index contributed by atoms with van der Waals surface area (Å²) in [5.41, 5.74) is 1.31. The first-order valence-electron chi connectivity index (χ1n) is 6.00. The number of benzene rings is 1. The molecule has 0 aliphatic carbocycles. The first-order chi connectivity index (χ1) is 9.77. The van der Waals surface area contributed by atoms with E-state index in [0.717, 1.165) is 10.5 Å². The van der Waals surface area contributed by atoms with Crippen molar-refractivity contribution in [1.82, 2.24) is 4.90 Å². The molecule has 0 atom stereocenters. The number of carbonyl (C=O) groups excluding carboxylic acids is 1. The Balaban J connectivity index is 2.68. The van der Waals surface area contributed by atoms with E-state index >= 15 is 0 Å². The SMILES string of the molecule is Cc1ccc(NC(=O)CN(CC(=O)O)CC(=O)O)c(Cl)c1. The van der Waals surface area contributed by atoms with E-state index in [4.69, 9.17) is 21.8 Å². The van der Waals surface area contributed by atoms with Gasteiger partial charge in [-0.2, -0.15) is 0 Å². The number of carboxylic acid groups (broad SMARTS) is 2. The van der Waals surface area contributed by atoms with Crippen LogP contribution < -0.4 is 5.32 Å². The topological polar surface area (TPSA) is 107 Å². The molecular formula is C13H15ClN2O5. The molecule has 1 aromatic carbocycles. The monoisotopic (exact) mass is 314 g/mol. The van der Waals surface area contributed by atoms with E-state index in [1.54, 1.807) is 18.2 Å². The van der Waals surface area contributed by atoms with Crippen LogP contribution in [0.5, 0.6) is 0 Å². The fraction of sp³-hybridized carbons (Fsp3) is 0.308. The van der Waals surface area contributed by atoms with Crippen molar-refractivity contribution in [3.05, 3.63) is 28.8 Å². The van der Waals surface area contributed by atoms with Crippen molar-refractivity contribution in [3.63, 3.8) is 0 Å². The van der Waals surface area contributed by atoms with Gasteiger partial charge in [-0.25, -0.2) is 0 Å². The molecule has 114 valence electrons. The Labute approximate surface area is 126 Å². The minimum absolute atomic E-state index is 0.353. The number of nitrogens with one attached hydrogen (secondary N) is 1. The van der Waals surface area contributed by atoms with E-state index in [2.05, 4.69) is 5.32 Å². The number of hydrogen-bond donors (Lipinski definition) is 3. The fourth-order valence-corrected chi connectivity index (χ4v) is 1.95. The summed E-state index contributed by atoms with van der Waals surface area (Å²) in [6, 6.07) is 5.05. The van der Waals surface area contributed by atoms with E-state index in [-0.39, 0.29) is 6.54 Å². The molecule has 0 bridgehead atoms. The number of aliphatic carboxylic acids is 2. The zero-order valence-electron chi connectivity index (χ0n) is 11.3. The maximum atomic E-state index is 11.8. The van der Waals surface area contributed by atoms with Gasteiger partial charge < -0.3 is 15.5 Å². The highest BCUT2D eigenvalue weighted by Gasteiger charge is 2.17. The van der Waals surface area contributed by atoms with Gasteiger partial charge in [0.15, 0.2) is 0 Å². The predicted octanol–water partition coefficient (Wildman–Crippen LogP) is 1.06. The molecule has 0 heterocycles. The average Bonchev–Trinajstić information content (AvgIpc) is 2.30. The molecule has 0 spiro atoms. The first kappa shape index (κ1) is 16.9. The number of hydrogen-bond acceptors (Lipinski definition) is 4. The van der Waals surface area contributed by atoms with Gasteiger partial charge in [0.25, 0.3) is 0 Å². The van der Waals surface area contributed by atoms with Crippen LogP contribution in [0.25, 0.3) is 0 Å². The number of rotatable bonds is 7. The van der Waals surface area contributed by atoms with Crippen LogP contribution in [0.1, 0.15) is 5.56 Å². The van der Waals surface area contributed by atoms with E-state index in [0.29, 0.717) is 10.7 Å². The highest BCUT2D eigenvalue weighted by Crippen LogP contribution is 2.22. The highest BCUT2D eigenvalue weighted by atomic mass is 35.5. The zero-order chi connectivity index (χ0) is 16.0. The lowest BCUT2D eigenvalue weighted by Gasteiger charge is -2.17. The van der Waals surface area contributed by atoms with E-state index < -0.39 is 30.9 Å². The van der Waals surface area contributed by atoms with E-state index in [9.17, 15) is 14.4 Å². The molecule has 0 aromatic heterocycles. The summed E-state index contributed by atoms with van der Waals surface area (Å²) in [5, 5.41) is 20.2. The summed E-state index contributed by atoms with van der Waals surface area (Å²) in [4.78, 5) is 34.1. The molecule has 0 saturated heterocycles. The third-order valence-electron chi connectivity index (χ3n) is 2.48. The molecule has 0 radical (unpaired) electrons. The van der Waals surface area contributed by atoms with Gasteiger partial charge in [0.05, 0.1) is 30.3 Å². The molecular weight excluding hydrogens is 300 g/mol. The second-order valence-electron chi connectivity index (χ2n) is 4.46. The van der Waals surface area contributed by atoms with Crippen molar-refractivity contribution in [2.45, 2.75) is 6.92 Å². The number of carbonyl (C=O) groups is 3. The van der Waals surface area contributed by atoms with Crippen molar-refractivity contribution in [2.75, 3.05) is 25.0 Å². The highest BCUT2D eigenvalue weighted by molar-refractivity contribution is 6.33. The van der Waals surface area contributed by atoms with Gasteiger partial charge in [-0.3, -0.25) is 19.3 Å². The predicted molar refractivity (Wildman–Crippen MR) is 76.5 cm³/mol. The Kier molecular flexibility index (Phi) is 6.13. The van der Waals surface area contributed by atoms with Crippen LogP contribution in [0.3, 0.4) is 0 Å². The van der Waals surface area contributed by atoms with Crippen LogP contribution in [-0.4, -0.2) is 52.6 Å². The van der Waals surface area contributed by atoms with Gasteiger partial charge >= 0.3 is 11.9 Å². The molecule has 1 amide bonds. The van der Waals surface area contributed by atoms with Gasteiger partial charge in [-0.15, -0.1) is 0 Å². The Bertz CT molecular complexity index is 545. The molecule has 3 N–H and O–H groups in total. The Morgan fingerprint density at radius 3 is 2.19 bits per heavy atom. The molecule has 0 aliphatic rings. The smallest absolute Gasteiger partial charge is 0.317 e. The van der Waals surface area contributed by atoms with Gasteiger partial charge in [-0.1, -0.05) is 17.7 Å². The lowest BCUT2D eigenvalue weighted by molar-refractivity contribution is -0.142. The third-order valence-corrected chi connectivity index (χ3v) is 2.80. The fourth-order valence-electron chi connectivity index (χ4n) is 1.66. The normalized spacial score (nSPS) is 10.4. The quantitative estimate of drug-likeness (QED) is 0.694. The van der Waals surface area contributed by atoms with Crippen molar-refractivity contribution >= 4 is 35.1 Å². The summed E-state index contributed by atoms with van der Waals surface area (Å²) in [7, 11) is 0. The lowest BCUT2D eigenvalue weighted by Crippen LogP contribution is -2.40. The van der Waals surface area contributed by atoms with Crippen LogP contribution >= 0.6 is 11.6 Å². The van der Waals surface area contributed by atoms with Gasteiger partial charge in [-0.05, 0) is 24.6 Å². The summed E-state index contributed by atoms with van der Waals surface area (Å²) >= 11 is 5.96. The minimum Gasteiger partial charge on any atom is -0.480 e. The minimum atomic E-state index is -1.21. The van der Waals surface area contributed by atoms with Crippen molar-refractivity contribution in [3.8, 4) is 0 Å². The van der Waals surface area contributed by atoms with Gasteiger partial charge in [0, 0.05) is 0 Å². The summed E-state index contributed by atoms with van der Waals surface area (Å²) in [5.74, 6) is -2.96. The summed E-state index contributed by atoms with van der Waals surface area (Å²) < 4.78 is 0. The molecule has 1 aromatic rings. The zero-order valence-corrected chi connectivity index (χ0v) is 12.1. The number of anilines is 1. The molecule has 0 unspecified atom stereocenters. The molecule has 0 fully saturated rings. The van der Waals surface area contributed by atoms with E-state index in [1.165, 1.54) is 0 Å². The number of carboxylic acids is 2. The summed E-state index contributed by atoms with van der Waals surface area (Å²) in [6.07, 6.45) is 0. The van der Waals surface area contributed by atoms with Crippen molar-refractivity contribution in [2.24, 2.45) is 0 Å². The molecule has 0 saturated carbocycles. The van der Waals surface area contributed by atoms with Crippen molar-refractivity contribution in [1.29, 1.82) is 0 Å². The van der Waals surface area contributed by atoms with E-state index in [1.807, 2.05) is 6.92 Å². The summed E-state index contributed by atoms with van der Waals surface area (Å²) in [6.45, 7) is 0.407. The Morgan fingerprint density at radius 1 is 1.14 bits per heavy atom. The van der Waals surface area contributed by atoms with Crippen LogP contribution in [0.2, 0.25) is 5.02 Å². The van der Waals surface area contributed by atoms with Crippen molar-refractivity contribution < 1.29 is 24.6 Å². The largest absolute Gasteiger partial charge is 0.480 e.